The Hall–Kier alpha value is -2.59. The minimum Gasteiger partial charge on any atom is -0.377 e. The fraction of sp³-hybridized carbons (Fsp3) is 0.391. The zero-order chi connectivity index (χ0) is 22.3. The molecular weight excluding hydrogens is 426 g/mol. The Bertz CT molecular complexity index is 1260. The Labute approximate surface area is 187 Å². The average Bonchev–Trinajstić information content (AvgIpc) is 3.32. The second kappa shape index (κ2) is 8.40. The summed E-state index contributed by atoms with van der Waals surface area (Å²) < 4.78 is 30.0. The predicted molar refractivity (Wildman–Crippen MR) is 124 cm³/mol. The van der Waals surface area contributed by atoms with Crippen LogP contribution in [0.1, 0.15) is 25.1 Å². The van der Waals surface area contributed by atoms with Gasteiger partial charge in [-0.2, -0.15) is 0 Å². The molecule has 5 rings (SSSR count). The van der Waals surface area contributed by atoms with E-state index >= 15 is 0 Å². The first-order valence-corrected chi connectivity index (χ1v) is 12.7. The molecule has 9 heteroatoms. The summed E-state index contributed by atoms with van der Waals surface area (Å²) in [6, 6.07) is 11.4. The number of rotatable bonds is 4. The lowest BCUT2D eigenvalue weighted by molar-refractivity contribution is 0.0986. The normalized spacial score (nSPS) is 21.9. The summed E-state index contributed by atoms with van der Waals surface area (Å²) in [6.07, 6.45) is 3.96. The molecule has 0 amide bonds. The van der Waals surface area contributed by atoms with Crippen molar-refractivity contribution in [2.75, 3.05) is 37.5 Å². The summed E-state index contributed by atoms with van der Waals surface area (Å²) >= 11 is 0. The molecule has 2 aliphatic heterocycles. The van der Waals surface area contributed by atoms with E-state index in [1.165, 1.54) is 6.26 Å². The molecule has 0 radical (unpaired) electrons. The smallest absolute Gasteiger partial charge is 0.175 e. The molecule has 0 saturated carbocycles. The van der Waals surface area contributed by atoms with Gasteiger partial charge in [-0.05, 0) is 48.7 Å². The third-order valence-electron chi connectivity index (χ3n) is 6.14. The van der Waals surface area contributed by atoms with E-state index in [9.17, 15) is 8.42 Å². The van der Waals surface area contributed by atoms with Gasteiger partial charge >= 0.3 is 0 Å². The number of ether oxygens (including phenoxy) is 1. The van der Waals surface area contributed by atoms with E-state index in [1.807, 2.05) is 12.1 Å². The Kier molecular flexibility index (Phi) is 5.58. The van der Waals surface area contributed by atoms with E-state index in [1.54, 1.807) is 24.4 Å². The number of aromatic nitrogens is 2. The van der Waals surface area contributed by atoms with Crippen LogP contribution >= 0.6 is 0 Å². The van der Waals surface area contributed by atoms with Gasteiger partial charge in [0.25, 0.3) is 0 Å². The number of morpholine rings is 1. The molecule has 168 valence electrons. The van der Waals surface area contributed by atoms with Gasteiger partial charge < -0.3 is 9.64 Å². The second-order valence-corrected chi connectivity index (χ2v) is 10.5. The lowest BCUT2D eigenvalue weighted by atomic mass is 9.99. The Morgan fingerprint density at radius 3 is 2.84 bits per heavy atom. The standard InChI is InChI=1S/C23H27N5O3S/c1-15-14-31-11-10-28(15)21-13-19(16-4-3-5-17(12-16)32(2,29)30)18-6-8-24-23(22(18)26-21)20-7-9-25-27-20/h3-6,8,12-13,15,20,25,27H,7,9-11,14H2,1-2H3/t15-,20?/m1/s1. The number of benzene rings is 1. The van der Waals surface area contributed by atoms with E-state index < -0.39 is 9.84 Å². The van der Waals surface area contributed by atoms with Crippen molar-refractivity contribution in [1.82, 2.24) is 20.8 Å². The monoisotopic (exact) mass is 453 g/mol. The van der Waals surface area contributed by atoms with Crippen molar-refractivity contribution in [2.45, 2.75) is 30.3 Å². The highest BCUT2D eigenvalue weighted by Gasteiger charge is 2.25. The first-order chi connectivity index (χ1) is 15.4. The highest BCUT2D eigenvalue weighted by atomic mass is 32.2. The first-order valence-electron chi connectivity index (χ1n) is 10.8. The first kappa shape index (κ1) is 21.3. The number of fused-ring (bicyclic) bond motifs is 1. The van der Waals surface area contributed by atoms with Crippen LogP contribution in [0, 0.1) is 0 Å². The zero-order valence-electron chi connectivity index (χ0n) is 18.2. The molecule has 8 nitrogen and oxygen atoms in total. The van der Waals surface area contributed by atoms with E-state index in [2.05, 4.69) is 33.7 Å². The second-order valence-electron chi connectivity index (χ2n) is 8.45. The molecule has 2 fully saturated rings. The van der Waals surface area contributed by atoms with Crippen molar-refractivity contribution in [1.29, 1.82) is 0 Å². The van der Waals surface area contributed by atoms with Gasteiger partial charge in [-0.3, -0.25) is 10.4 Å². The van der Waals surface area contributed by atoms with Crippen LogP contribution in [-0.4, -0.2) is 57.0 Å². The third kappa shape index (κ3) is 3.97. The van der Waals surface area contributed by atoms with Gasteiger partial charge in [0, 0.05) is 30.9 Å². The van der Waals surface area contributed by atoms with Crippen LogP contribution in [0.15, 0.2) is 47.5 Å². The van der Waals surface area contributed by atoms with Gasteiger partial charge in [0.05, 0.1) is 41.4 Å². The van der Waals surface area contributed by atoms with E-state index in [4.69, 9.17) is 9.72 Å². The molecule has 2 aliphatic rings. The van der Waals surface area contributed by atoms with Crippen molar-refractivity contribution in [2.24, 2.45) is 0 Å². The van der Waals surface area contributed by atoms with Crippen molar-refractivity contribution < 1.29 is 13.2 Å². The molecule has 4 heterocycles. The number of anilines is 1. The number of hydrazine groups is 1. The van der Waals surface area contributed by atoms with Gasteiger partial charge in [0.2, 0.25) is 0 Å². The highest BCUT2D eigenvalue weighted by Crippen LogP contribution is 2.36. The van der Waals surface area contributed by atoms with E-state index in [0.717, 1.165) is 53.1 Å². The molecule has 0 spiro atoms. The summed E-state index contributed by atoms with van der Waals surface area (Å²) in [7, 11) is -3.32. The van der Waals surface area contributed by atoms with Gasteiger partial charge in [0.1, 0.15) is 5.82 Å². The maximum Gasteiger partial charge on any atom is 0.175 e. The van der Waals surface area contributed by atoms with Gasteiger partial charge in [-0.25, -0.2) is 18.8 Å². The summed E-state index contributed by atoms with van der Waals surface area (Å²) in [6.45, 7) is 5.04. The van der Waals surface area contributed by atoms with E-state index in [0.29, 0.717) is 18.1 Å². The number of nitrogens with one attached hydrogen (secondary N) is 2. The van der Waals surface area contributed by atoms with Crippen LogP contribution in [-0.2, 0) is 14.6 Å². The Morgan fingerprint density at radius 1 is 1.22 bits per heavy atom. The molecule has 2 atom stereocenters. The van der Waals surface area contributed by atoms with Crippen LogP contribution in [0.5, 0.6) is 0 Å². The summed E-state index contributed by atoms with van der Waals surface area (Å²) in [5.41, 5.74) is 10.0. The van der Waals surface area contributed by atoms with Gasteiger partial charge in [0.15, 0.2) is 9.84 Å². The van der Waals surface area contributed by atoms with Crippen LogP contribution in [0.25, 0.3) is 22.0 Å². The molecule has 1 unspecified atom stereocenters. The van der Waals surface area contributed by atoms with Crippen LogP contribution < -0.4 is 15.8 Å². The number of nitrogens with zero attached hydrogens (tertiary/aromatic N) is 3. The van der Waals surface area contributed by atoms with E-state index in [-0.39, 0.29) is 12.1 Å². The number of sulfone groups is 1. The minimum atomic E-state index is -3.32. The number of hydrogen-bond donors (Lipinski definition) is 2. The minimum absolute atomic E-state index is 0.0683. The molecule has 32 heavy (non-hydrogen) atoms. The molecular formula is C23H27N5O3S. The quantitative estimate of drug-likeness (QED) is 0.622. The predicted octanol–water partition coefficient (Wildman–Crippen LogP) is 2.46. The maximum absolute atomic E-state index is 12.2. The molecule has 0 aliphatic carbocycles. The SMILES string of the molecule is C[C@@H]1COCCN1c1cc(-c2cccc(S(C)(=O)=O)c2)c2ccnc(C3CCNN3)c2n1. The van der Waals surface area contributed by atoms with Crippen molar-refractivity contribution in [3.8, 4) is 11.1 Å². The Morgan fingerprint density at radius 2 is 2.09 bits per heavy atom. The van der Waals surface area contributed by atoms with Crippen LogP contribution in [0.2, 0.25) is 0 Å². The van der Waals surface area contributed by atoms with Crippen LogP contribution in [0.3, 0.4) is 0 Å². The average molecular weight is 454 g/mol. The van der Waals surface area contributed by atoms with Crippen molar-refractivity contribution in [3.05, 3.63) is 48.3 Å². The molecule has 2 N–H and O–H groups in total. The topological polar surface area (TPSA) is 96.5 Å². The molecule has 1 aromatic carbocycles. The Balaban J connectivity index is 1.75. The summed E-state index contributed by atoms with van der Waals surface area (Å²) in [5, 5.41) is 0.957. The fourth-order valence-corrected chi connectivity index (χ4v) is 5.12. The van der Waals surface area contributed by atoms with Gasteiger partial charge in [-0.15, -0.1) is 0 Å². The molecule has 2 saturated heterocycles. The third-order valence-corrected chi connectivity index (χ3v) is 7.25. The molecule has 3 aromatic rings. The zero-order valence-corrected chi connectivity index (χ0v) is 19.0. The largest absolute Gasteiger partial charge is 0.377 e. The number of hydrogen-bond acceptors (Lipinski definition) is 8. The van der Waals surface area contributed by atoms with Gasteiger partial charge in [-0.1, -0.05) is 12.1 Å². The fourth-order valence-electron chi connectivity index (χ4n) is 4.45. The number of pyridine rings is 2. The van der Waals surface area contributed by atoms with Crippen molar-refractivity contribution in [3.63, 3.8) is 0 Å². The molecule has 0 bridgehead atoms. The maximum atomic E-state index is 12.2. The lowest BCUT2D eigenvalue weighted by Gasteiger charge is -2.34. The summed E-state index contributed by atoms with van der Waals surface area (Å²) in [4.78, 5) is 12.3. The van der Waals surface area contributed by atoms with Crippen molar-refractivity contribution >= 4 is 26.6 Å². The van der Waals surface area contributed by atoms with Crippen LogP contribution in [0.4, 0.5) is 5.82 Å². The lowest BCUT2D eigenvalue weighted by Crippen LogP contribution is -2.44. The summed E-state index contributed by atoms with van der Waals surface area (Å²) in [5.74, 6) is 0.855. The highest BCUT2D eigenvalue weighted by molar-refractivity contribution is 7.90. The molecule has 2 aromatic heterocycles.